The highest BCUT2D eigenvalue weighted by Crippen LogP contribution is 2.37. The van der Waals surface area contributed by atoms with E-state index in [0.29, 0.717) is 5.56 Å². The number of fused-ring (bicyclic) bond motifs is 2. The van der Waals surface area contributed by atoms with Crippen molar-refractivity contribution in [3.8, 4) is 0 Å². The van der Waals surface area contributed by atoms with Crippen LogP contribution in [0.1, 0.15) is 41.6 Å². The molecule has 2 unspecified atom stereocenters. The topological polar surface area (TPSA) is 89.5 Å². The van der Waals surface area contributed by atoms with Crippen molar-refractivity contribution in [2.75, 3.05) is 0 Å². The molecule has 112 valence electrons. The Labute approximate surface area is 123 Å². The average Bonchev–Trinajstić information content (AvgIpc) is 2.69. The Balaban J connectivity index is 1.97. The number of nitro benzene ring substituents is 1. The zero-order valence-corrected chi connectivity index (χ0v) is 12.0. The van der Waals surface area contributed by atoms with Crippen LogP contribution in [0.3, 0.4) is 0 Å². The summed E-state index contributed by atoms with van der Waals surface area (Å²) in [5.41, 5.74) is 6.66. The molecule has 2 N–H and O–H groups in total. The van der Waals surface area contributed by atoms with Crippen molar-refractivity contribution in [2.24, 2.45) is 5.73 Å². The largest absolute Gasteiger partial charge is 0.332 e. The molecule has 2 aliphatic rings. The van der Waals surface area contributed by atoms with Crippen molar-refractivity contribution in [1.29, 1.82) is 0 Å². The number of carbonyl (C=O) groups is 1. The first-order valence-corrected chi connectivity index (χ1v) is 7.31. The molecule has 0 spiro atoms. The van der Waals surface area contributed by atoms with Gasteiger partial charge in [0.2, 0.25) is 0 Å². The minimum absolute atomic E-state index is 0.0724. The predicted molar refractivity (Wildman–Crippen MR) is 78.0 cm³/mol. The Morgan fingerprint density at radius 1 is 1.33 bits per heavy atom. The van der Waals surface area contributed by atoms with Gasteiger partial charge in [0, 0.05) is 23.7 Å². The fraction of sp³-hybridized carbons (Fsp3) is 0.533. The van der Waals surface area contributed by atoms with Gasteiger partial charge in [-0.05, 0) is 38.7 Å². The summed E-state index contributed by atoms with van der Waals surface area (Å²) in [6.07, 6.45) is 3.48. The maximum absolute atomic E-state index is 12.8. The first kappa shape index (κ1) is 14.0. The normalized spacial score (nSPS) is 27.7. The summed E-state index contributed by atoms with van der Waals surface area (Å²) in [5, 5.41) is 11.3. The number of carbonyl (C=O) groups excluding carboxylic acids is 1. The van der Waals surface area contributed by atoms with Gasteiger partial charge in [0.05, 0.1) is 4.92 Å². The van der Waals surface area contributed by atoms with Gasteiger partial charge in [-0.25, -0.2) is 0 Å². The Kier molecular flexibility index (Phi) is 3.41. The number of hydrogen-bond acceptors (Lipinski definition) is 4. The summed E-state index contributed by atoms with van der Waals surface area (Å²) in [6, 6.07) is 5.32. The highest BCUT2D eigenvalue weighted by atomic mass is 16.6. The summed E-state index contributed by atoms with van der Waals surface area (Å²) in [6.45, 7) is 1.66. The van der Waals surface area contributed by atoms with Crippen LogP contribution < -0.4 is 5.73 Å². The molecule has 0 saturated carbocycles. The van der Waals surface area contributed by atoms with Gasteiger partial charge in [-0.2, -0.15) is 0 Å². The number of para-hydroxylation sites is 1. The van der Waals surface area contributed by atoms with Crippen molar-refractivity contribution in [3.63, 3.8) is 0 Å². The Hall–Kier alpha value is -1.95. The third-order valence-electron chi connectivity index (χ3n) is 4.65. The number of nitrogens with zero attached hydrogens (tertiary/aromatic N) is 2. The SMILES string of the molecule is Cc1cccc(C(=O)N2C3CCC2CC(N)C3)c1[N+](=O)[O-]. The second-order valence-corrected chi connectivity index (χ2v) is 6.06. The zero-order chi connectivity index (χ0) is 15.1. The van der Waals surface area contributed by atoms with Crippen LogP contribution in [0.2, 0.25) is 0 Å². The molecule has 2 aliphatic heterocycles. The number of amides is 1. The molecule has 0 aliphatic carbocycles. The molecule has 2 bridgehead atoms. The Morgan fingerprint density at radius 2 is 1.95 bits per heavy atom. The van der Waals surface area contributed by atoms with E-state index in [-0.39, 0.29) is 35.3 Å². The maximum Gasteiger partial charge on any atom is 0.285 e. The van der Waals surface area contributed by atoms with E-state index in [1.54, 1.807) is 25.1 Å². The van der Waals surface area contributed by atoms with E-state index >= 15 is 0 Å². The average molecular weight is 289 g/mol. The predicted octanol–water partition coefficient (Wildman–Crippen LogP) is 2.00. The molecule has 2 saturated heterocycles. The van der Waals surface area contributed by atoms with Crippen LogP contribution in [0, 0.1) is 17.0 Å². The Morgan fingerprint density at radius 3 is 2.52 bits per heavy atom. The second-order valence-electron chi connectivity index (χ2n) is 6.06. The molecule has 6 nitrogen and oxygen atoms in total. The van der Waals surface area contributed by atoms with Crippen molar-refractivity contribution in [2.45, 2.75) is 50.7 Å². The number of nitro groups is 1. The van der Waals surface area contributed by atoms with Gasteiger partial charge in [0.25, 0.3) is 11.6 Å². The lowest BCUT2D eigenvalue weighted by Gasteiger charge is -2.37. The molecule has 3 rings (SSSR count). The van der Waals surface area contributed by atoms with E-state index in [0.717, 1.165) is 25.7 Å². The third kappa shape index (κ3) is 2.29. The van der Waals surface area contributed by atoms with Crippen LogP contribution in [0.5, 0.6) is 0 Å². The molecule has 2 fully saturated rings. The first-order valence-electron chi connectivity index (χ1n) is 7.31. The van der Waals surface area contributed by atoms with E-state index < -0.39 is 4.92 Å². The smallest absolute Gasteiger partial charge is 0.285 e. The van der Waals surface area contributed by atoms with Gasteiger partial charge < -0.3 is 10.6 Å². The van der Waals surface area contributed by atoms with Crippen LogP contribution in [-0.4, -0.2) is 33.9 Å². The minimum Gasteiger partial charge on any atom is -0.332 e. The summed E-state index contributed by atoms with van der Waals surface area (Å²) in [7, 11) is 0. The van der Waals surface area contributed by atoms with E-state index in [4.69, 9.17) is 5.73 Å². The van der Waals surface area contributed by atoms with Crippen molar-refractivity contribution in [1.82, 2.24) is 4.90 Å². The monoisotopic (exact) mass is 289 g/mol. The van der Waals surface area contributed by atoms with Crippen LogP contribution in [0.15, 0.2) is 18.2 Å². The molecule has 0 radical (unpaired) electrons. The molecule has 1 aromatic rings. The van der Waals surface area contributed by atoms with E-state index in [2.05, 4.69) is 0 Å². The highest BCUT2D eigenvalue weighted by molar-refractivity contribution is 5.99. The lowest BCUT2D eigenvalue weighted by atomic mass is 9.96. The van der Waals surface area contributed by atoms with Crippen LogP contribution in [0.25, 0.3) is 0 Å². The summed E-state index contributed by atoms with van der Waals surface area (Å²) in [4.78, 5) is 25.5. The molecular formula is C15H19N3O3. The molecule has 1 amide bonds. The lowest BCUT2D eigenvalue weighted by Crippen LogP contribution is -2.50. The molecule has 2 atom stereocenters. The number of aryl methyl sites for hydroxylation is 1. The molecule has 1 aromatic carbocycles. The standard InChI is InChI=1S/C15H19N3O3/c1-9-3-2-4-13(14(9)18(20)21)15(19)17-11-5-6-12(17)8-10(16)7-11/h2-4,10-12H,5-8,16H2,1H3. The van der Waals surface area contributed by atoms with E-state index in [1.165, 1.54) is 0 Å². The summed E-state index contributed by atoms with van der Waals surface area (Å²) in [5.74, 6) is -0.218. The highest BCUT2D eigenvalue weighted by Gasteiger charge is 2.43. The number of rotatable bonds is 2. The number of hydrogen-bond donors (Lipinski definition) is 1. The quantitative estimate of drug-likeness (QED) is 0.666. The van der Waals surface area contributed by atoms with Crippen molar-refractivity contribution < 1.29 is 9.72 Å². The molecular weight excluding hydrogens is 270 g/mol. The number of nitrogens with two attached hydrogens (primary N) is 1. The van der Waals surface area contributed by atoms with E-state index in [9.17, 15) is 14.9 Å². The second kappa shape index (κ2) is 5.11. The fourth-order valence-corrected chi connectivity index (χ4v) is 3.76. The number of piperidine rings is 1. The fourth-order valence-electron chi connectivity index (χ4n) is 3.76. The lowest BCUT2D eigenvalue weighted by molar-refractivity contribution is -0.385. The number of benzene rings is 1. The van der Waals surface area contributed by atoms with Crippen LogP contribution in [-0.2, 0) is 0 Å². The molecule has 6 heteroatoms. The van der Waals surface area contributed by atoms with Crippen molar-refractivity contribution >= 4 is 11.6 Å². The summed E-state index contributed by atoms with van der Waals surface area (Å²) >= 11 is 0. The maximum atomic E-state index is 12.8. The van der Waals surface area contributed by atoms with Crippen molar-refractivity contribution in [3.05, 3.63) is 39.4 Å². The molecule has 21 heavy (non-hydrogen) atoms. The third-order valence-corrected chi connectivity index (χ3v) is 4.65. The zero-order valence-electron chi connectivity index (χ0n) is 12.0. The Bertz CT molecular complexity index is 588. The molecule has 2 heterocycles. The van der Waals surface area contributed by atoms with E-state index in [1.807, 2.05) is 4.90 Å². The van der Waals surface area contributed by atoms with Gasteiger partial charge in [-0.1, -0.05) is 12.1 Å². The minimum atomic E-state index is -0.458. The summed E-state index contributed by atoms with van der Waals surface area (Å²) < 4.78 is 0. The van der Waals surface area contributed by atoms with Gasteiger partial charge in [-0.3, -0.25) is 14.9 Å². The van der Waals surface area contributed by atoms with Gasteiger partial charge in [0.15, 0.2) is 0 Å². The van der Waals surface area contributed by atoms with Crippen LogP contribution in [0.4, 0.5) is 5.69 Å². The van der Waals surface area contributed by atoms with Crippen LogP contribution >= 0.6 is 0 Å². The van der Waals surface area contributed by atoms with Gasteiger partial charge in [0.1, 0.15) is 5.56 Å². The first-order chi connectivity index (χ1) is 9.99. The van der Waals surface area contributed by atoms with Gasteiger partial charge in [-0.15, -0.1) is 0 Å². The van der Waals surface area contributed by atoms with Gasteiger partial charge >= 0.3 is 0 Å². The molecule has 0 aromatic heterocycles.